The largest absolute Gasteiger partial charge is 0.388 e. The Morgan fingerprint density at radius 3 is 2.83 bits per heavy atom. The first-order chi connectivity index (χ1) is 8.45. The molecule has 3 nitrogen and oxygen atoms in total. The molecule has 1 aliphatic rings. The van der Waals surface area contributed by atoms with Crippen LogP contribution in [-0.2, 0) is 0 Å². The van der Waals surface area contributed by atoms with Crippen LogP contribution in [0.4, 0.5) is 5.69 Å². The Labute approximate surface area is 112 Å². The molecule has 0 saturated heterocycles. The first kappa shape index (κ1) is 13.2. The van der Waals surface area contributed by atoms with Crippen molar-refractivity contribution in [3.8, 4) is 6.07 Å². The molecule has 0 unspecified atom stereocenters. The summed E-state index contributed by atoms with van der Waals surface area (Å²) in [6.45, 7) is 3.74. The SMILES string of the molecule is Cc1c(N[C@H]2CCC[C@@]2(C)O)ccc(C#N)c1Cl. The molecule has 1 saturated carbocycles. The maximum Gasteiger partial charge on any atom is 0.101 e. The molecule has 1 aliphatic carbocycles. The van der Waals surface area contributed by atoms with Crippen molar-refractivity contribution in [3.05, 3.63) is 28.3 Å². The van der Waals surface area contributed by atoms with Gasteiger partial charge in [0.15, 0.2) is 0 Å². The highest BCUT2D eigenvalue weighted by Gasteiger charge is 2.36. The molecule has 18 heavy (non-hydrogen) atoms. The van der Waals surface area contributed by atoms with Gasteiger partial charge in [-0.2, -0.15) is 5.26 Å². The van der Waals surface area contributed by atoms with E-state index < -0.39 is 5.60 Å². The minimum atomic E-state index is -0.674. The fourth-order valence-corrected chi connectivity index (χ4v) is 2.70. The van der Waals surface area contributed by atoms with Crippen molar-refractivity contribution in [3.63, 3.8) is 0 Å². The van der Waals surface area contributed by atoms with Crippen LogP contribution in [0.15, 0.2) is 12.1 Å². The van der Waals surface area contributed by atoms with E-state index in [-0.39, 0.29) is 6.04 Å². The van der Waals surface area contributed by atoms with E-state index in [1.54, 1.807) is 6.07 Å². The first-order valence-electron chi connectivity index (χ1n) is 6.14. The number of aliphatic hydroxyl groups is 1. The molecule has 0 aromatic heterocycles. The molecule has 0 bridgehead atoms. The van der Waals surface area contributed by atoms with E-state index in [1.807, 2.05) is 19.9 Å². The normalized spacial score (nSPS) is 26.9. The Hall–Kier alpha value is -1.24. The van der Waals surface area contributed by atoms with E-state index in [4.69, 9.17) is 16.9 Å². The molecule has 0 aliphatic heterocycles. The summed E-state index contributed by atoms with van der Waals surface area (Å²) >= 11 is 6.13. The van der Waals surface area contributed by atoms with Crippen molar-refractivity contribution in [2.75, 3.05) is 5.32 Å². The number of halogens is 1. The van der Waals surface area contributed by atoms with Crippen molar-refractivity contribution < 1.29 is 5.11 Å². The van der Waals surface area contributed by atoms with Crippen LogP contribution >= 0.6 is 11.6 Å². The van der Waals surface area contributed by atoms with E-state index >= 15 is 0 Å². The highest BCUT2D eigenvalue weighted by Crippen LogP contribution is 2.34. The van der Waals surface area contributed by atoms with Crippen molar-refractivity contribution in [1.29, 1.82) is 5.26 Å². The molecule has 0 heterocycles. The lowest BCUT2D eigenvalue weighted by atomic mass is 9.99. The molecule has 0 amide bonds. The quantitative estimate of drug-likeness (QED) is 0.862. The summed E-state index contributed by atoms with van der Waals surface area (Å²) in [6.07, 6.45) is 2.78. The molecule has 4 heteroatoms. The summed E-state index contributed by atoms with van der Waals surface area (Å²) in [5.74, 6) is 0. The van der Waals surface area contributed by atoms with Gasteiger partial charge in [-0.05, 0) is 50.8 Å². The highest BCUT2D eigenvalue weighted by atomic mass is 35.5. The summed E-state index contributed by atoms with van der Waals surface area (Å²) in [5, 5.41) is 23.0. The second kappa shape index (κ2) is 4.79. The van der Waals surface area contributed by atoms with Crippen LogP contribution in [0.25, 0.3) is 0 Å². The van der Waals surface area contributed by atoms with E-state index in [0.717, 1.165) is 30.5 Å². The summed E-state index contributed by atoms with van der Waals surface area (Å²) < 4.78 is 0. The molecule has 2 N–H and O–H groups in total. The smallest absolute Gasteiger partial charge is 0.101 e. The lowest BCUT2D eigenvalue weighted by molar-refractivity contribution is 0.0578. The summed E-state index contributed by atoms with van der Waals surface area (Å²) in [6, 6.07) is 5.67. The Kier molecular flexibility index (Phi) is 3.52. The number of hydrogen-bond acceptors (Lipinski definition) is 3. The van der Waals surface area contributed by atoms with Crippen molar-refractivity contribution in [2.24, 2.45) is 0 Å². The zero-order chi connectivity index (χ0) is 13.3. The lowest BCUT2D eigenvalue weighted by Gasteiger charge is -2.28. The molecule has 96 valence electrons. The van der Waals surface area contributed by atoms with Gasteiger partial charge in [0.05, 0.1) is 22.2 Å². The number of nitrogens with one attached hydrogen (secondary N) is 1. The topological polar surface area (TPSA) is 56.0 Å². The minimum Gasteiger partial charge on any atom is -0.388 e. The number of hydrogen-bond donors (Lipinski definition) is 2. The van der Waals surface area contributed by atoms with Crippen LogP contribution in [0.1, 0.15) is 37.3 Å². The van der Waals surface area contributed by atoms with Gasteiger partial charge in [0.25, 0.3) is 0 Å². The van der Waals surface area contributed by atoms with Gasteiger partial charge in [-0.15, -0.1) is 0 Å². The predicted octanol–water partition coefficient (Wildman–Crippen LogP) is 3.24. The van der Waals surface area contributed by atoms with Gasteiger partial charge in [0, 0.05) is 5.69 Å². The van der Waals surface area contributed by atoms with E-state index in [1.165, 1.54) is 0 Å². The number of anilines is 1. The van der Waals surface area contributed by atoms with Gasteiger partial charge in [-0.3, -0.25) is 0 Å². The average Bonchev–Trinajstić information content (AvgIpc) is 2.65. The van der Waals surface area contributed by atoms with E-state index in [9.17, 15) is 5.11 Å². The van der Waals surface area contributed by atoms with Crippen LogP contribution in [-0.4, -0.2) is 16.7 Å². The zero-order valence-corrected chi connectivity index (χ0v) is 11.4. The Bertz CT molecular complexity index is 505. The van der Waals surface area contributed by atoms with Gasteiger partial charge in [0.2, 0.25) is 0 Å². The average molecular weight is 265 g/mol. The van der Waals surface area contributed by atoms with Gasteiger partial charge in [-0.1, -0.05) is 11.6 Å². The lowest BCUT2D eigenvalue weighted by Crippen LogP contribution is -2.39. The maximum atomic E-state index is 10.2. The van der Waals surface area contributed by atoms with Crippen LogP contribution in [0, 0.1) is 18.3 Å². The molecule has 0 radical (unpaired) electrons. The fraction of sp³-hybridized carbons (Fsp3) is 0.500. The third-order valence-electron chi connectivity index (χ3n) is 3.76. The van der Waals surface area contributed by atoms with Gasteiger partial charge >= 0.3 is 0 Å². The second-order valence-electron chi connectivity index (χ2n) is 5.16. The molecule has 1 aromatic carbocycles. The molecule has 2 atom stereocenters. The summed E-state index contributed by atoms with van der Waals surface area (Å²) in [7, 11) is 0. The van der Waals surface area contributed by atoms with Gasteiger partial charge in [-0.25, -0.2) is 0 Å². The molecule has 1 aromatic rings. The zero-order valence-electron chi connectivity index (χ0n) is 10.6. The van der Waals surface area contributed by atoms with Crippen LogP contribution in [0.3, 0.4) is 0 Å². The Morgan fingerprint density at radius 1 is 1.56 bits per heavy atom. The van der Waals surface area contributed by atoms with Crippen molar-refractivity contribution in [1.82, 2.24) is 0 Å². The Balaban J connectivity index is 2.26. The number of benzene rings is 1. The van der Waals surface area contributed by atoms with Crippen molar-refractivity contribution >= 4 is 17.3 Å². The van der Waals surface area contributed by atoms with Crippen molar-refractivity contribution in [2.45, 2.75) is 44.8 Å². The van der Waals surface area contributed by atoms with Gasteiger partial charge in [0.1, 0.15) is 6.07 Å². The number of nitriles is 1. The minimum absolute atomic E-state index is 0.0419. The van der Waals surface area contributed by atoms with Crippen LogP contribution in [0.5, 0.6) is 0 Å². The van der Waals surface area contributed by atoms with E-state index in [2.05, 4.69) is 11.4 Å². The third kappa shape index (κ3) is 2.31. The standard InChI is InChI=1S/C14H17ClN2O/c1-9-11(6-5-10(8-16)13(9)15)17-12-4-3-7-14(12,2)18/h5-6,12,17-18H,3-4,7H2,1-2H3/t12-,14+/m0/s1. The monoisotopic (exact) mass is 264 g/mol. The fourth-order valence-electron chi connectivity index (χ4n) is 2.49. The summed E-state index contributed by atoms with van der Waals surface area (Å²) in [5.41, 5.74) is 1.56. The first-order valence-corrected chi connectivity index (χ1v) is 6.51. The third-order valence-corrected chi connectivity index (χ3v) is 4.25. The molecule has 1 fully saturated rings. The molecule has 0 spiro atoms. The predicted molar refractivity (Wildman–Crippen MR) is 72.8 cm³/mol. The van der Waals surface area contributed by atoms with Crippen LogP contribution < -0.4 is 5.32 Å². The number of nitrogens with zero attached hydrogens (tertiary/aromatic N) is 1. The van der Waals surface area contributed by atoms with E-state index in [0.29, 0.717) is 10.6 Å². The summed E-state index contributed by atoms with van der Waals surface area (Å²) in [4.78, 5) is 0. The number of rotatable bonds is 2. The molecular formula is C14H17ClN2O. The van der Waals surface area contributed by atoms with Crippen LogP contribution in [0.2, 0.25) is 5.02 Å². The van der Waals surface area contributed by atoms with Gasteiger partial charge < -0.3 is 10.4 Å². The Morgan fingerprint density at radius 2 is 2.28 bits per heavy atom. The highest BCUT2D eigenvalue weighted by molar-refractivity contribution is 6.32. The molecular weight excluding hydrogens is 248 g/mol. The maximum absolute atomic E-state index is 10.2. The second-order valence-corrected chi connectivity index (χ2v) is 5.54. The molecule has 2 rings (SSSR count).